The molecule has 26 heavy (non-hydrogen) atoms. The van der Waals surface area contributed by atoms with Gasteiger partial charge in [-0.05, 0) is 87.3 Å². The molecule has 0 N–H and O–H groups in total. The van der Waals surface area contributed by atoms with Gasteiger partial charge < -0.3 is 0 Å². The van der Waals surface area contributed by atoms with Crippen LogP contribution in [-0.2, 0) is 0 Å². The van der Waals surface area contributed by atoms with Gasteiger partial charge in [0.05, 0.1) is 23.3 Å². The second kappa shape index (κ2) is 8.43. The third-order valence-electron chi connectivity index (χ3n) is 6.41. The molecule has 0 fully saturated rings. The Morgan fingerprint density at radius 2 is 0.808 bits per heavy atom. The minimum Gasteiger partial charge on any atom is -0.0638 e. The van der Waals surface area contributed by atoms with Crippen LogP contribution in [0.15, 0.2) is 0 Å². The Balaban J connectivity index is 0. The Hall–Kier alpha value is 1.05. The molecule has 0 saturated carbocycles. The van der Waals surface area contributed by atoms with Gasteiger partial charge in [0.2, 0.25) is 0 Å². The summed E-state index contributed by atoms with van der Waals surface area (Å²) in [5.41, 5.74) is 0.0636. The van der Waals surface area contributed by atoms with E-state index in [2.05, 4.69) is 103 Å². The molecule has 0 aromatic carbocycles. The van der Waals surface area contributed by atoms with E-state index in [1.165, 1.54) is 0 Å². The van der Waals surface area contributed by atoms with Gasteiger partial charge in [0, 0.05) is 19.5 Å². The maximum atomic E-state index is 6.97. The molecule has 6 radical (unpaired) electrons. The summed E-state index contributed by atoms with van der Waals surface area (Å²) in [5, 5.41) is 0.331. The van der Waals surface area contributed by atoms with Crippen molar-refractivity contribution in [1.82, 2.24) is 0 Å². The molecule has 1 atom stereocenters. The van der Waals surface area contributed by atoms with Crippen molar-refractivity contribution in [2.24, 2.45) is 5.41 Å². The van der Waals surface area contributed by atoms with Crippen molar-refractivity contribution in [2.75, 3.05) is 19.5 Å². The smallest absolute Gasteiger partial charge is 0.0638 e. The van der Waals surface area contributed by atoms with Crippen LogP contribution in [0.25, 0.3) is 0 Å². The summed E-state index contributed by atoms with van der Waals surface area (Å²) in [6.45, 7) is 33.3. The standard InChI is InChI=1S/C15H32B2P.C6H15BP/c1-12(2,3)15(10,16)11-18(17,13(4,5)6)14(7,8)9;1-6(2,3)8(4,5)7/h11H2,1-10H3;1-5H3/q2*+1. The lowest BCUT2D eigenvalue weighted by Gasteiger charge is -2.52. The number of rotatable bonds is 2. The van der Waals surface area contributed by atoms with E-state index < -0.39 is 14.3 Å². The van der Waals surface area contributed by atoms with Gasteiger partial charge in [-0.1, -0.05) is 27.7 Å². The van der Waals surface area contributed by atoms with Crippen LogP contribution in [0.2, 0.25) is 5.31 Å². The van der Waals surface area contributed by atoms with Crippen LogP contribution in [0.4, 0.5) is 0 Å². The van der Waals surface area contributed by atoms with Crippen molar-refractivity contribution in [1.29, 1.82) is 0 Å². The second-order valence-corrected chi connectivity index (χ2v) is 21.9. The van der Waals surface area contributed by atoms with E-state index in [-0.39, 0.29) is 21.0 Å². The molecule has 0 rings (SSSR count). The molecule has 0 heterocycles. The van der Waals surface area contributed by atoms with Crippen LogP contribution in [0, 0.1) is 5.41 Å². The fourth-order valence-electron chi connectivity index (χ4n) is 2.24. The predicted octanol–water partition coefficient (Wildman–Crippen LogP) is 7.22. The summed E-state index contributed by atoms with van der Waals surface area (Å²) in [4.78, 5) is 0. The molecule has 148 valence electrons. The maximum absolute atomic E-state index is 6.97. The van der Waals surface area contributed by atoms with E-state index in [1.54, 1.807) is 0 Å². The van der Waals surface area contributed by atoms with Gasteiger partial charge in [-0.15, -0.1) is 0 Å². The molecular formula is C21H47B3P2+2. The monoisotopic (exact) mass is 394 g/mol. The van der Waals surface area contributed by atoms with Gasteiger partial charge >= 0.3 is 15.1 Å². The van der Waals surface area contributed by atoms with E-state index >= 15 is 0 Å². The molecule has 1 unspecified atom stereocenters. The Morgan fingerprint density at radius 3 is 0.923 bits per heavy atom. The summed E-state index contributed by atoms with van der Waals surface area (Å²) in [5.74, 6) is 0. The molecule has 0 aliphatic heterocycles. The minimum absolute atomic E-state index is 0.0636. The average molecular weight is 394 g/mol. The molecule has 0 spiro atoms. The molecule has 0 aromatic heterocycles. The molecule has 0 aliphatic carbocycles. The summed E-state index contributed by atoms with van der Waals surface area (Å²) in [7, 11) is 16.7. The first kappa shape index (κ1) is 29.3. The van der Waals surface area contributed by atoms with Crippen LogP contribution >= 0.6 is 14.3 Å². The quantitative estimate of drug-likeness (QED) is 0.343. The molecule has 0 amide bonds. The third kappa shape index (κ3) is 7.82. The fourth-order valence-corrected chi connectivity index (χ4v) is 6.71. The van der Waals surface area contributed by atoms with Gasteiger partial charge in [0.1, 0.15) is 0 Å². The first-order valence-electron chi connectivity index (χ1n) is 9.79. The average Bonchev–Trinajstić information content (AvgIpc) is 2.21. The van der Waals surface area contributed by atoms with Gasteiger partial charge in [0.15, 0.2) is 0 Å². The molecule has 0 saturated heterocycles. The summed E-state index contributed by atoms with van der Waals surface area (Å²) >= 11 is 0. The Bertz CT molecular complexity index is 410. The summed E-state index contributed by atoms with van der Waals surface area (Å²) in [6, 6.07) is 0. The van der Waals surface area contributed by atoms with Crippen LogP contribution in [-0.4, -0.2) is 57.9 Å². The first-order chi connectivity index (χ1) is 10.7. The number of hydrogen-bond acceptors (Lipinski definition) is 0. The topological polar surface area (TPSA) is 0 Å². The van der Waals surface area contributed by atoms with Crippen LogP contribution in [0.3, 0.4) is 0 Å². The van der Waals surface area contributed by atoms with E-state index in [9.17, 15) is 0 Å². The zero-order chi connectivity index (χ0) is 22.2. The largest absolute Gasteiger partial charge is 0.366 e. The normalized spacial score (nSPS) is 17.2. The summed E-state index contributed by atoms with van der Waals surface area (Å²) < 4.78 is 0. The van der Waals surface area contributed by atoms with Gasteiger partial charge in [-0.25, -0.2) is 0 Å². The Kier molecular flexibility index (Phi) is 9.48. The van der Waals surface area contributed by atoms with Crippen LogP contribution in [0.1, 0.15) is 90.0 Å². The van der Waals surface area contributed by atoms with E-state index in [0.29, 0.717) is 5.16 Å². The number of hydrogen-bond donors (Lipinski definition) is 0. The second-order valence-electron chi connectivity index (χ2n) is 12.7. The Labute approximate surface area is 173 Å². The first-order valence-corrected chi connectivity index (χ1v) is 14.6. The molecule has 0 aromatic rings. The highest BCUT2D eigenvalue weighted by molar-refractivity contribution is 7.99. The highest BCUT2D eigenvalue weighted by Crippen LogP contribution is 2.76. The van der Waals surface area contributed by atoms with E-state index in [4.69, 9.17) is 23.0 Å². The lowest BCUT2D eigenvalue weighted by atomic mass is 9.57. The van der Waals surface area contributed by atoms with E-state index in [1.807, 2.05) is 0 Å². The molecule has 0 aliphatic rings. The van der Waals surface area contributed by atoms with Crippen molar-refractivity contribution < 1.29 is 0 Å². The van der Waals surface area contributed by atoms with Crippen molar-refractivity contribution >= 4 is 37.3 Å². The predicted molar refractivity (Wildman–Crippen MR) is 135 cm³/mol. The molecule has 0 nitrogen and oxygen atoms in total. The highest BCUT2D eigenvalue weighted by atomic mass is 31.2. The molecular weight excluding hydrogens is 347 g/mol. The minimum atomic E-state index is -1.68. The van der Waals surface area contributed by atoms with Crippen molar-refractivity contribution in [2.45, 2.75) is 111 Å². The van der Waals surface area contributed by atoms with Crippen molar-refractivity contribution in [3.63, 3.8) is 0 Å². The van der Waals surface area contributed by atoms with Crippen molar-refractivity contribution in [3.8, 4) is 0 Å². The van der Waals surface area contributed by atoms with Crippen LogP contribution in [0.5, 0.6) is 0 Å². The Morgan fingerprint density at radius 1 is 0.577 bits per heavy atom. The van der Waals surface area contributed by atoms with Crippen LogP contribution < -0.4 is 0 Å². The van der Waals surface area contributed by atoms with Crippen molar-refractivity contribution in [3.05, 3.63) is 0 Å². The SMILES string of the molecule is [B]C(C)(C[P+]([B])(C(C)(C)C)C(C)(C)C)C(C)(C)C.[B][P+](C)(C)C(C)(C)C. The highest BCUT2D eigenvalue weighted by Gasteiger charge is 2.56. The van der Waals surface area contributed by atoms with Gasteiger partial charge in [0.25, 0.3) is 0 Å². The zero-order valence-corrected chi connectivity index (χ0v) is 22.6. The zero-order valence-electron chi connectivity index (χ0n) is 20.8. The van der Waals surface area contributed by atoms with E-state index in [0.717, 1.165) is 6.16 Å². The summed E-state index contributed by atoms with van der Waals surface area (Å²) in [6.07, 6.45) is 0.927. The molecule has 0 bridgehead atoms. The lowest BCUT2D eigenvalue weighted by molar-refractivity contribution is 0.304. The molecule has 5 heteroatoms. The third-order valence-corrected chi connectivity index (χ3v) is 15.8. The van der Waals surface area contributed by atoms with Gasteiger partial charge in [-0.2, -0.15) is 0 Å². The maximum Gasteiger partial charge on any atom is 0.366 e. The lowest BCUT2D eigenvalue weighted by Crippen LogP contribution is -2.42. The van der Waals surface area contributed by atoms with Gasteiger partial charge in [-0.3, -0.25) is 0 Å². The fraction of sp³-hybridized carbons (Fsp3) is 1.00.